The molecule has 0 aromatic heterocycles. The molecule has 2 atom stereocenters. The van der Waals surface area contributed by atoms with Crippen molar-refractivity contribution in [2.75, 3.05) is 32.8 Å². The third-order valence-corrected chi connectivity index (χ3v) is 3.92. The lowest BCUT2D eigenvalue weighted by atomic mass is 9.67. The van der Waals surface area contributed by atoms with Gasteiger partial charge in [-0.05, 0) is 5.57 Å². The lowest BCUT2D eigenvalue weighted by Crippen LogP contribution is -2.67. The fourth-order valence-electron chi connectivity index (χ4n) is 3.64. The number of aliphatic carboxylic acids is 1. The minimum absolute atomic E-state index is 0.0812. The fraction of sp³-hybridized carbons (Fsp3) is 0.727. The normalized spacial score (nSPS) is 49.9. The quantitative estimate of drug-likeness (QED) is 0.626. The summed E-state index contributed by atoms with van der Waals surface area (Å²) in [4.78, 5) is 15.7. The number of hydrogen-bond donors (Lipinski definition) is 1. The summed E-state index contributed by atoms with van der Waals surface area (Å²) < 4.78 is 0. The van der Waals surface area contributed by atoms with Crippen molar-refractivity contribution in [3.63, 3.8) is 0 Å². The zero-order valence-corrected chi connectivity index (χ0v) is 8.94. The summed E-state index contributed by atoms with van der Waals surface area (Å²) in [6.45, 7) is 7.42. The van der Waals surface area contributed by atoms with Crippen LogP contribution in [0, 0.1) is 11.3 Å². The average molecular weight is 208 g/mol. The monoisotopic (exact) mass is 208 g/mol. The molecule has 4 heteroatoms. The maximum Gasteiger partial charge on any atom is 0.328 e. The van der Waals surface area contributed by atoms with Gasteiger partial charge in [0.2, 0.25) is 0 Å². The number of piperidine rings is 2. The Labute approximate surface area is 89.2 Å². The Balaban J connectivity index is 2.00. The number of hydrogen-bond acceptors (Lipinski definition) is 3. The molecular weight excluding hydrogens is 192 g/mol. The van der Waals surface area contributed by atoms with E-state index in [1.54, 1.807) is 0 Å². The van der Waals surface area contributed by atoms with Crippen molar-refractivity contribution < 1.29 is 9.90 Å². The highest BCUT2D eigenvalue weighted by atomic mass is 16.4. The summed E-state index contributed by atoms with van der Waals surface area (Å²) in [7, 11) is 0. The Morgan fingerprint density at radius 2 is 2.07 bits per heavy atom. The highest BCUT2D eigenvalue weighted by Crippen LogP contribution is 2.46. The van der Waals surface area contributed by atoms with Crippen LogP contribution in [0.5, 0.6) is 0 Å². The minimum Gasteiger partial charge on any atom is -0.478 e. The zero-order valence-electron chi connectivity index (χ0n) is 8.94. The first-order valence-electron chi connectivity index (χ1n) is 5.46. The van der Waals surface area contributed by atoms with E-state index >= 15 is 0 Å². The molecule has 4 nitrogen and oxygen atoms in total. The molecule has 4 saturated heterocycles. The molecule has 0 saturated carbocycles. The first kappa shape index (κ1) is 9.36. The molecule has 4 fully saturated rings. The summed E-state index contributed by atoms with van der Waals surface area (Å²) >= 11 is 0. The average Bonchev–Trinajstić information content (AvgIpc) is 2.09. The molecule has 4 aliphatic rings. The molecule has 0 amide bonds. The van der Waals surface area contributed by atoms with Crippen LogP contribution in [-0.4, -0.2) is 53.7 Å². The maximum absolute atomic E-state index is 10.8. The Hall–Kier alpha value is -0.870. The molecule has 82 valence electrons. The van der Waals surface area contributed by atoms with Gasteiger partial charge in [0.15, 0.2) is 0 Å². The van der Waals surface area contributed by atoms with Crippen molar-refractivity contribution >= 4 is 5.97 Å². The van der Waals surface area contributed by atoms with Gasteiger partial charge in [0, 0.05) is 43.6 Å². The molecule has 0 spiro atoms. The van der Waals surface area contributed by atoms with Crippen molar-refractivity contribution in [3.05, 3.63) is 11.6 Å². The van der Waals surface area contributed by atoms with Gasteiger partial charge in [-0.1, -0.05) is 6.92 Å². The van der Waals surface area contributed by atoms with Crippen LogP contribution in [0.25, 0.3) is 0 Å². The molecule has 0 aliphatic carbocycles. The van der Waals surface area contributed by atoms with Gasteiger partial charge in [0.1, 0.15) is 0 Å². The molecule has 0 aromatic rings. The van der Waals surface area contributed by atoms with Gasteiger partial charge < -0.3 is 5.11 Å². The van der Waals surface area contributed by atoms with Crippen LogP contribution in [0.3, 0.4) is 0 Å². The van der Waals surface area contributed by atoms with E-state index in [2.05, 4.69) is 16.7 Å². The van der Waals surface area contributed by atoms with Crippen molar-refractivity contribution in [2.24, 2.45) is 11.3 Å². The summed E-state index contributed by atoms with van der Waals surface area (Å²) in [5.74, 6) is -0.342. The van der Waals surface area contributed by atoms with E-state index in [0.29, 0.717) is 5.92 Å². The van der Waals surface area contributed by atoms with Crippen LogP contribution in [0.1, 0.15) is 6.92 Å². The number of carboxylic acid groups (broad SMARTS) is 1. The van der Waals surface area contributed by atoms with Crippen LogP contribution < -0.4 is 0 Å². The first-order valence-corrected chi connectivity index (χ1v) is 5.46. The van der Waals surface area contributed by atoms with Crippen molar-refractivity contribution in [1.29, 1.82) is 0 Å². The third-order valence-electron chi connectivity index (χ3n) is 3.92. The van der Waals surface area contributed by atoms with E-state index < -0.39 is 5.97 Å². The molecule has 0 aromatic carbocycles. The van der Waals surface area contributed by atoms with Crippen LogP contribution in [0.2, 0.25) is 0 Å². The zero-order chi connectivity index (χ0) is 10.6. The SMILES string of the molecule is CC12CN3CC(CN(C3)C1)/C2=C\C(=O)O. The maximum atomic E-state index is 10.8. The van der Waals surface area contributed by atoms with Gasteiger partial charge >= 0.3 is 5.97 Å². The van der Waals surface area contributed by atoms with E-state index in [9.17, 15) is 4.79 Å². The molecule has 4 bridgehead atoms. The number of rotatable bonds is 1. The highest BCUT2D eigenvalue weighted by Gasteiger charge is 2.50. The highest BCUT2D eigenvalue weighted by molar-refractivity contribution is 5.81. The second-order valence-electron chi connectivity index (χ2n) is 5.36. The third kappa shape index (κ3) is 1.32. The number of carbonyl (C=O) groups is 1. The van der Waals surface area contributed by atoms with Gasteiger partial charge in [0.25, 0.3) is 0 Å². The second kappa shape index (κ2) is 2.83. The lowest BCUT2D eigenvalue weighted by molar-refractivity contribution is -0.132. The van der Waals surface area contributed by atoms with Crippen LogP contribution in [0.15, 0.2) is 11.6 Å². The largest absolute Gasteiger partial charge is 0.478 e. The molecule has 15 heavy (non-hydrogen) atoms. The Morgan fingerprint density at radius 3 is 2.53 bits per heavy atom. The first-order chi connectivity index (χ1) is 7.07. The van der Waals surface area contributed by atoms with Gasteiger partial charge in [-0.2, -0.15) is 0 Å². The van der Waals surface area contributed by atoms with Gasteiger partial charge in [-0.15, -0.1) is 0 Å². The molecule has 4 rings (SSSR count). The predicted octanol–water partition coefficient (Wildman–Crippen LogP) is 0.222. The number of carboxylic acids is 1. The van der Waals surface area contributed by atoms with Gasteiger partial charge in [-0.3, -0.25) is 9.80 Å². The summed E-state index contributed by atoms with van der Waals surface area (Å²) in [5.41, 5.74) is 1.25. The summed E-state index contributed by atoms with van der Waals surface area (Å²) in [5, 5.41) is 8.91. The van der Waals surface area contributed by atoms with E-state index in [0.717, 1.165) is 32.8 Å². The molecule has 4 heterocycles. The topological polar surface area (TPSA) is 43.8 Å². The Kier molecular flexibility index (Phi) is 1.77. The summed E-state index contributed by atoms with van der Waals surface area (Å²) in [6, 6.07) is 0. The van der Waals surface area contributed by atoms with E-state index in [-0.39, 0.29) is 5.41 Å². The van der Waals surface area contributed by atoms with Gasteiger partial charge in [-0.25, -0.2) is 4.79 Å². The standard InChI is InChI=1S/C11H16N2O2/c1-11-5-12-3-8(4-13(6-11)7-12)9(11)2-10(14)15/h2,8H,3-7H2,1H3,(H,14,15)/b9-2+. The fourth-order valence-corrected chi connectivity index (χ4v) is 3.64. The van der Waals surface area contributed by atoms with Crippen molar-refractivity contribution in [2.45, 2.75) is 6.92 Å². The van der Waals surface area contributed by atoms with Crippen LogP contribution >= 0.6 is 0 Å². The van der Waals surface area contributed by atoms with Crippen molar-refractivity contribution in [1.82, 2.24) is 9.80 Å². The Morgan fingerprint density at radius 1 is 1.47 bits per heavy atom. The second-order valence-corrected chi connectivity index (χ2v) is 5.36. The smallest absolute Gasteiger partial charge is 0.328 e. The Bertz CT molecular complexity index is 336. The van der Waals surface area contributed by atoms with E-state index in [1.165, 1.54) is 11.6 Å². The lowest BCUT2D eigenvalue weighted by Gasteiger charge is -2.59. The number of nitrogens with zero attached hydrogens (tertiary/aromatic N) is 2. The molecule has 4 aliphatic heterocycles. The van der Waals surface area contributed by atoms with Gasteiger partial charge in [0.05, 0.1) is 6.67 Å². The molecular formula is C11H16N2O2. The minimum atomic E-state index is -0.788. The van der Waals surface area contributed by atoms with Crippen LogP contribution in [-0.2, 0) is 4.79 Å². The van der Waals surface area contributed by atoms with E-state index in [4.69, 9.17) is 5.11 Å². The predicted molar refractivity (Wildman–Crippen MR) is 55.3 cm³/mol. The van der Waals surface area contributed by atoms with E-state index in [1.807, 2.05) is 0 Å². The summed E-state index contributed by atoms with van der Waals surface area (Å²) in [6.07, 6.45) is 1.46. The molecule has 1 N–H and O–H groups in total. The van der Waals surface area contributed by atoms with Crippen LogP contribution in [0.4, 0.5) is 0 Å². The molecule has 0 radical (unpaired) electrons. The van der Waals surface area contributed by atoms with Crippen molar-refractivity contribution in [3.8, 4) is 0 Å². The molecule has 2 unspecified atom stereocenters.